The summed E-state index contributed by atoms with van der Waals surface area (Å²) in [6.45, 7) is 4.13. The molecule has 6 heteroatoms. The van der Waals surface area contributed by atoms with Crippen LogP contribution in [0.2, 0.25) is 0 Å². The number of aryl methyl sites for hydroxylation is 2. The van der Waals surface area contributed by atoms with Crippen LogP contribution in [0.1, 0.15) is 16.7 Å². The number of aromatic nitrogens is 4. The number of nitrogens with zero attached hydrogens (tertiary/aromatic N) is 4. The van der Waals surface area contributed by atoms with Crippen LogP contribution in [0.4, 0.5) is 0 Å². The quantitative estimate of drug-likeness (QED) is 0.476. The SMILES string of the molecule is Cc1cc(C)cc(-c2nnc(SCc3ccc(-n4cccn4)cc3)o2)c1. The van der Waals surface area contributed by atoms with Crippen LogP contribution >= 0.6 is 11.8 Å². The molecule has 26 heavy (non-hydrogen) atoms. The second-order valence-electron chi connectivity index (χ2n) is 6.16. The van der Waals surface area contributed by atoms with Crippen molar-refractivity contribution in [3.63, 3.8) is 0 Å². The van der Waals surface area contributed by atoms with E-state index < -0.39 is 0 Å². The summed E-state index contributed by atoms with van der Waals surface area (Å²) in [5, 5.41) is 13.1. The molecule has 0 aliphatic heterocycles. The minimum Gasteiger partial charge on any atom is -0.411 e. The second kappa shape index (κ2) is 7.17. The van der Waals surface area contributed by atoms with Gasteiger partial charge in [-0.3, -0.25) is 0 Å². The third-order valence-electron chi connectivity index (χ3n) is 3.94. The first-order valence-electron chi connectivity index (χ1n) is 8.31. The van der Waals surface area contributed by atoms with Gasteiger partial charge in [-0.1, -0.05) is 41.1 Å². The smallest absolute Gasteiger partial charge is 0.277 e. The average Bonchev–Trinajstić information content (AvgIpc) is 3.32. The minimum absolute atomic E-state index is 0.563. The fraction of sp³-hybridized carbons (Fsp3) is 0.150. The number of hydrogen-bond acceptors (Lipinski definition) is 5. The minimum atomic E-state index is 0.563. The Morgan fingerprint density at radius 2 is 1.77 bits per heavy atom. The maximum Gasteiger partial charge on any atom is 0.277 e. The number of benzene rings is 2. The zero-order valence-corrected chi connectivity index (χ0v) is 15.4. The molecule has 0 bridgehead atoms. The van der Waals surface area contributed by atoms with Crippen LogP contribution in [-0.4, -0.2) is 20.0 Å². The lowest BCUT2D eigenvalue weighted by Gasteiger charge is -2.03. The van der Waals surface area contributed by atoms with Crippen molar-refractivity contribution in [1.29, 1.82) is 0 Å². The third kappa shape index (κ3) is 3.70. The van der Waals surface area contributed by atoms with Gasteiger partial charge in [-0.25, -0.2) is 4.68 Å². The van der Waals surface area contributed by atoms with E-state index in [-0.39, 0.29) is 0 Å². The molecule has 4 rings (SSSR count). The van der Waals surface area contributed by atoms with Gasteiger partial charge in [-0.05, 0) is 49.7 Å². The van der Waals surface area contributed by atoms with Crippen LogP contribution in [0.3, 0.4) is 0 Å². The molecule has 2 heterocycles. The van der Waals surface area contributed by atoms with Crippen LogP contribution in [0.25, 0.3) is 17.1 Å². The molecule has 0 saturated heterocycles. The molecule has 0 aliphatic rings. The summed E-state index contributed by atoms with van der Waals surface area (Å²) < 4.78 is 7.65. The zero-order valence-electron chi connectivity index (χ0n) is 14.6. The molecular weight excluding hydrogens is 344 g/mol. The van der Waals surface area contributed by atoms with Crippen molar-refractivity contribution >= 4 is 11.8 Å². The topological polar surface area (TPSA) is 56.7 Å². The molecule has 2 aromatic heterocycles. The van der Waals surface area contributed by atoms with Gasteiger partial charge in [0, 0.05) is 23.7 Å². The first-order valence-corrected chi connectivity index (χ1v) is 9.30. The normalized spacial score (nSPS) is 11.0. The van der Waals surface area contributed by atoms with E-state index in [1.807, 2.05) is 16.9 Å². The Kier molecular flexibility index (Phi) is 4.58. The Bertz CT molecular complexity index is 986. The van der Waals surface area contributed by atoms with E-state index in [2.05, 4.69) is 71.6 Å². The first kappa shape index (κ1) is 16.6. The molecule has 2 aromatic carbocycles. The molecule has 0 saturated carbocycles. The summed E-state index contributed by atoms with van der Waals surface area (Å²) >= 11 is 1.54. The Morgan fingerprint density at radius 3 is 2.46 bits per heavy atom. The maximum atomic E-state index is 5.81. The molecule has 0 amide bonds. The van der Waals surface area contributed by atoms with E-state index in [4.69, 9.17) is 4.42 Å². The van der Waals surface area contributed by atoms with Gasteiger partial charge in [0.05, 0.1) is 5.69 Å². The molecule has 0 fully saturated rings. The zero-order chi connectivity index (χ0) is 17.9. The lowest BCUT2D eigenvalue weighted by Crippen LogP contribution is -1.93. The summed E-state index contributed by atoms with van der Waals surface area (Å²) in [4.78, 5) is 0. The molecule has 4 aromatic rings. The summed E-state index contributed by atoms with van der Waals surface area (Å²) in [7, 11) is 0. The Balaban J connectivity index is 1.43. The number of thioether (sulfide) groups is 1. The fourth-order valence-electron chi connectivity index (χ4n) is 2.79. The van der Waals surface area contributed by atoms with Crippen molar-refractivity contribution < 1.29 is 4.42 Å². The van der Waals surface area contributed by atoms with Gasteiger partial charge >= 0.3 is 0 Å². The molecule has 0 aliphatic carbocycles. The van der Waals surface area contributed by atoms with Crippen molar-refractivity contribution in [3.8, 4) is 17.1 Å². The van der Waals surface area contributed by atoms with E-state index in [9.17, 15) is 0 Å². The standard InChI is InChI=1S/C20H18N4OS/c1-14-10-15(2)12-17(11-14)19-22-23-20(25-19)26-13-16-4-6-18(7-5-16)24-9-3-8-21-24/h3-12H,13H2,1-2H3. The van der Waals surface area contributed by atoms with Gasteiger partial charge in [0.15, 0.2) is 0 Å². The summed E-state index contributed by atoms with van der Waals surface area (Å²) in [6, 6.07) is 16.4. The Morgan fingerprint density at radius 1 is 1.00 bits per heavy atom. The molecular formula is C20H18N4OS. The van der Waals surface area contributed by atoms with Crippen molar-refractivity contribution in [2.45, 2.75) is 24.8 Å². The van der Waals surface area contributed by atoms with E-state index in [0.717, 1.165) is 17.0 Å². The predicted molar refractivity (Wildman–Crippen MR) is 102 cm³/mol. The molecule has 130 valence electrons. The van der Waals surface area contributed by atoms with Crippen LogP contribution in [0, 0.1) is 13.8 Å². The van der Waals surface area contributed by atoms with Gasteiger partial charge in [-0.2, -0.15) is 5.10 Å². The molecule has 0 atom stereocenters. The maximum absolute atomic E-state index is 5.81. The van der Waals surface area contributed by atoms with Crippen LogP contribution in [0.5, 0.6) is 0 Å². The third-order valence-corrected chi connectivity index (χ3v) is 4.83. The molecule has 0 spiro atoms. The first-order chi connectivity index (χ1) is 12.7. The highest BCUT2D eigenvalue weighted by atomic mass is 32.2. The summed E-state index contributed by atoms with van der Waals surface area (Å²) in [6.07, 6.45) is 3.70. The van der Waals surface area contributed by atoms with E-state index in [1.165, 1.54) is 28.5 Å². The van der Waals surface area contributed by atoms with Gasteiger partial charge in [0.1, 0.15) is 0 Å². The lowest BCUT2D eigenvalue weighted by atomic mass is 10.1. The Hall–Kier alpha value is -2.86. The van der Waals surface area contributed by atoms with E-state index >= 15 is 0 Å². The van der Waals surface area contributed by atoms with Crippen molar-refractivity contribution in [1.82, 2.24) is 20.0 Å². The average molecular weight is 362 g/mol. The fourth-order valence-corrected chi connectivity index (χ4v) is 3.51. The van der Waals surface area contributed by atoms with Crippen LogP contribution in [0.15, 0.2) is 70.6 Å². The number of hydrogen-bond donors (Lipinski definition) is 0. The van der Waals surface area contributed by atoms with Crippen molar-refractivity contribution in [2.24, 2.45) is 0 Å². The van der Waals surface area contributed by atoms with Gasteiger partial charge in [-0.15, -0.1) is 10.2 Å². The van der Waals surface area contributed by atoms with Gasteiger partial charge in [0.2, 0.25) is 5.89 Å². The van der Waals surface area contributed by atoms with E-state index in [0.29, 0.717) is 11.1 Å². The van der Waals surface area contributed by atoms with Gasteiger partial charge < -0.3 is 4.42 Å². The highest BCUT2D eigenvalue weighted by Gasteiger charge is 2.10. The number of rotatable bonds is 5. The predicted octanol–water partition coefficient (Wildman–Crippen LogP) is 4.83. The molecule has 0 unspecified atom stereocenters. The summed E-state index contributed by atoms with van der Waals surface area (Å²) in [5.74, 6) is 1.33. The van der Waals surface area contributed by atoms with Crippen LogP contribution < -0.4 is 0 Å². The highest BCUT2D eigenvalue weighted by Crippen LogP contribution is 2.27. The second-order valence-corrected chi connectivity index (χ2v) is 7.08. The molecule has 0 N–H and O–H groups in total. The van der Waals surface area contributed by atoms with E-state index in [1.54, 1.807) is 6.20 Å². The molecule has 5 nitrogen and oxygen atoms in total. The Labute approximate surface area is 156 Å². The summed E-state index contributed by atoms with van der Waals surface area (Å²) in [5.41, 5.74) is 5.57. The van der Waals surface area contributed by atoms with Crippen molar-refractivity contribution in [3.05, 3.63) is 77.6 Å². The lowest BCUT2D eigenvalue weighted by molar-refractivity contribution is 0.466. The van der Waals surface area contributed by atoms with Gasteiger partial charge in [0.25, 0.3) is 5.22 Å². The largest absolute Gasteiger partial charge is 0.411 e. The van der Waals surface area contributed by atoms with Crippen molar-refractivity contribution in [2.75, 3.05) is 0 Å². The highest BCUT2D eigenvalue weighted by molar-refractivity contribution is 7.98. The van der Waals surface area contributed by atoms with Crippen LogP contribution in [-0.2, 0) is 5.75 Å². The monoisotopic (exact) mass is 362 g/mol. The molecule has 0 radical (unpaired) electrons.